The second-order valence-corrected chi connectivity index (χ2v) is 8.55. The van der Waals surface area contributed by atoms with Crippen LogP contribution in [0.25, 0.3) is 0 Å². The fraction of sp³-hybridized carbons (Fsp3) is 0.417. The van der Waals surface area contributed by atoms with Crippen LogP contribution in [0.5, 0.6) is 5.75 Å². The van der Waals surface area contributed by atoms with Gasteiger partial charge in [0.1, 0.15) is 5.75 Å². The van der Waals surface area contributed by atoms with E-state index in [2.05, 4.69) is 17.1 Å². The molecular weight excluding hydrogens is 410 g/mol. The van der Waals surface area contributed by atoms with E-state index in [4.69, 9.17) is 4.74 Å². The molecule has 1 fully saturated rings. The zero-order valence-electron chi connectivity index (χ0n) is 18.3. The summed E-state index contributed by atoms with van der Waals surface area (Å²) in [6.07, 6.45) is 0.882. The highest BCUT2D eigenvalue weighted by atomic mass is 32.2. The minimum absolute atomic E-state index is 0.00507. The number of amides is 2. The maximum absolute atomic E-state index is 12.5. The number of carbonyl (C=O) groups excluding carboxylic acids is 2. The van der Waals surface area contributed by atoms with E-state index in [0.29, 0.717) is 25.4 Å². The van der Waals surface area contributed by atoms with Crippen molar-refractivity contribution in [2.45, 2.75) is 19.1 Å². The first-order chi connectivity index (χ1) is 15.1. The van der Waals surface area contributed by atoms with E-state index in [-0.39, 0.29) is 11.8 Å². The minimum Gasteiger partial charge on any atom is -0.497 e. The van der Waals surface area contributed by atoms with Crippen LogP contribution < -0.4 is 10.1 Å². The van der Waals surface area contributed by atoms with Gasteiger partial charge < -0.3 is 15.0 Å². The van der Waals surface area contributed by atoms with Crippen molar-refractivity contribution in [2.75, 3.05) is 50.9 Å². The monoisotopic (exact) mass is 441 g/mol. The lowest BCUT2D eigenvalue weighted by molar-refractivity contribution is -0.130. The summed E-state index contributed by atoms with van der Waals surface area (Å²) >= 11 is 1.62. The van der Waals surface area contributed by atoms with Crippen LogP contribution >= 0.6 is 11.8 Å². The van der Waals surface area contributed by atoms with Crippen LogP contribution in [0.3, 0.4) is 0 Å². The fourth-order valence-corrected chi connectivity index (χ4v) is 4.48. The summed E-state index contributed by atoms with van der Waals surface area (Å²) in [5.74, 6) is 2.24. The number of nitrogens with one attached hydrogen (secondary N) is 1. The Kier molecular flexibility index (Phi) is 8.79. The molecule has 1 aliphatic heterocycles. The van der Waals surface area contributed by atoms with Gasteiger partial charge >= 0.3 is 0 Å². The Hall–Kier alpha value is -2.51. The summed E-state index contributed by atoms with van der Waals surface area (Å²) in [6, 6.07) is 15.8. The molecule has 166 valence electrons. The molecule has 0 aromatic heterocycles. The van der Waals surface area contributed by atoms with Crippen molar-refractivity contribution in [3.8, 4) is 5.75 Å². The SMILES string of the molecule is CCc1ccccc1NC(=O)CN1CCN(C(=O)CSCc2cccc(OC)c2)CC1. The minimum atomic E-state index is -0.00507. The van der Waals surface area contributed by atoms with Crippen LogP contribution in [0, 0.1) is 0 Å². The maximum Gasteiger partial charge on any atom is 0.238 e. The zero-order valence-corrected chi connectivity index (χ0v) is 19.1. The molecule has 3 rings (SSSR count). The summed E-state index contributed by atoms with van der Waals surface area (Å²) in [7, 11) is 1.66. The number of hydrogen-bond donors (Lipinski definition) is 1. The Morgan fingerprint density at radius 1 is 1.06 bits per heavy atom. The van der Waals surface area contributed by atoms with Crippen LogP contribution in [-0.4, -0.2) is 67.2 Å². The Bertz CT molecular complexity index is 882. The molecule has 0 atom stereocenters. The first kappa shape index (κ1) is 23.2. The van der Waals surface area contributed by atoms with Crippen molar-refractivity contribution in [2.24, 2.45) is 0 Å². The lowest BCUT2D eigenvalue weighted by atomic mass is 10.1. The highest BCUT2D eigenvalue weighted by molar-refractivity contribution is 7.99. The van der Waals surface area contributed by atoms with Crippen LogP contribution in [0.1, 0.15) is 18.1 Å². The number of para-hydroxylation sites is 1. The first-order valence-corrected chi connectivity index (χ1v) is 11.8. The summed E-state index contributed by atoms with van der Waals surface area (Å²) < 4.78 is 5.24. The third kappa shape index (κ3) is 7.01. The molecule has 0 bridgehead atoms. The van der Waals surface area contributed by atoms with E-state index in [9.17, 15) is 9.59 Å². The smallest absolute Gasteiger partial charge is 0.238 e. The number of carbonyl (C=O) groups is 2. The second kappa shape index (κ2) is 11.8. The van der Waals surface area contributed by atoms with E-state index in [1.165, 1.54) is 0 Å². The molecule has 2 aromatic rings. The number of methoxy groups -OCH3 is 1. The van der Waals surface area contributed by atoms with Crippen molar-refractivity contribution in [1.29, 1.82) is 0 Å². The van der Waals surface area contributed by atoms with Gasteiger partial charge in [0.05, 0.1) is 19.4 Å². The van der Waals surface area contributed by atoms with Gasteiger partial charge in [-0.3, -0.25) is 14.5 Å². The standard InChI is InChI=1S/C24H31N3O3S/c1-3-20-8-4-5-10-22(20)25-23(28)16-26-11-13-27(14-12-26)24(29)18-31-17-19-7-6-9-21(15-19)30-2/h4-10,15H,3,11-14,16-18H2,1-2H3,(H,25,28). The van der Waals surface area contributed by atoms with Crippen LogP contribution in [0.2, 0.25) is 0 Å². The number of benzene rings is 2. The van der Waals surface area contributed by atoms with E-state index in [1.807, 2.05) is 53.4 Å². The fourth-order valence-electron chi connectivity index (χ4n) is 3.61. The van der Waals surface area contributed by atoms with Crippen LogP contribution in [0.4, 0.5) is 5.69 Å². The Labute approximate surface area is 188 Å². The second-order valence-electron chi connectivity index (χ2n) is 7.56. The van der Waals surface area contributed by atoms with Gasteiger partial charge in [0, 0.05) is 37.6 Å². The largest absolute Gasteiger partial charge is 0.497 e. The zero-order chi connectivity index (χ0) is 22.1. The lowest BCUT2D eigenvalue weighted by Crippen LogP contribution is -2.50. The molecule has 7 heteroatoms. The predicted octanol–water partition coefficient (Wildman–Crippen LogP) is 3.27. The number of thioether (sulfide) groups is 1. The van der Waals surface area contributed by atoms with E-state index in [0.717, 1.165) is 47.8 Å². The maximum atomic E-state index is 12.5. The Morgan fingerprint density at radius 2 is 1.84 bits per heavy atom. The van der Waals surface area contributed by atoms with E-state index < -0.39 is 0 Å². The number of ether oxygens (including phenoxy) is 1. The van der Waals surface area contributed by atoms with Gasteiger partial charge in [0.25, 0.3) is 0 Å². The number of rotatable bonds is 9. The van der Waals surface area contributed by atoms with Gasteiger partial charge in [-0.1, -0.05) is 37.3 Å². The average Bonchev–Trinajstić information content (AvgIpc) is 2.80. The summed E-state index contributed by atoms with van der Waals surface area (Å²) in [5.41, 5.74) is 3.17. The van der Waals surface area contributed by atoms with Gasteiger partial charge in [-0.25, -0.2) is 0 Å². The van der Waals surface area contributed by atoms with E-state index in [1.54, 1.807) is 18.9 Å². The van der Waals surface area contributed by atoms with Crippen LogP contribution in [-0.2, 0) is 21.8 Å². The molecule has 0 radical (unpaired) electrons. The summed E-state index contributed by atoms with van der Waals surface area (Å²) in [5, 5.41) is 3.02. The topological polar surface area (TPSA) is 61.9 Å². The molecule has 1 heterocycles. The summed E-state index contributed by atoms with van der Waals surface area (Å²) in [4.78, 5) is 29.0. The molecule has 0 spiro atoms. The molecule has 0 aliphatic carbocycles. The molecule has 2 aromatic carbocycles. The average molecular weight is 442 g/mol. The molecular formula is C24H31N3O3S. The summed E-state index contributed by atoms with van der Waals surface area (Å²) in [6.45, 7) is 5.19. The number of anilines is 1. The molecule has 1 aliphatic rings. The van der Waals surface area contributed by atoms with Gasteiger partial charge in [0.2, 0.25) is 11.8 Å². The van der Waals surface area contributed by atoms with Crippen molar-refractivity contribution in [3.63, 3.8) is 0 Å². The lowest BCUT2D eigenvalue weighted by Gasteiger charge is -2.34. The molecule has 0 saturated carbocycles. The van der Waals surface area contributed by atoms with Crippen molar-refractivity contribution in [3.05, 3.63) is 59.7 Å². The third-order valence-corrected chi connectivity index (χ3v) is 6.38. The third-order valence-electron chi connectivity index (χ3n) is 5.39. The van der Waals surface area contributed by atoms with Gasteiger partial charge in [-0.15, -0.1) is 11.8 Å². The van der Waals surface area contributed by atoms with Crippen molar-refractivity contribution < 1.29 is 14.3 Å². The molecule has 2 amide bonds. The highest BCUT2D eigenvalue weighted by Crippen LogP contribution is 2.19. The van der Waals surface area contributed by atoms with E-state index >= 15 is 0 Å². The van der Waals surface area contributed by atoms with Crippen LogP contribution in [0.15, 0.2) is 48.5 Å². The highest BCUT2D eigenvalue weighted by Gasteiger charge is 2.22. The predicted molar refractivity (Wildman–Crippen MR) is 127 cm³/mol. The van der Waals surface area contributed by atoms with Crippen molar-refractivity contribution in [1.82, 2.24) is 9.80 Å². The van der Waals surface area contributed by atoms with Gasteiger partial charge in [0.15, 0.2) is 0 Å². The van der Waals surface area contributed by atoms with Gasteiger partial charge in [-0.2, -0.15) is 0 Å². The molecule has 31 heavy (non-hydrogen) atoms. The molecule has 6 nitrogen and oxygen atoms in total. The first-order valence-electron chi connectivity index (χ1n) is 10.7. The molecule has 1 N–H and O–H groups in total. The normalized spacial score (nSPS) is 14.3. The molecule has 0 unspecified atom stereocenters. The number of nitrogens with zero attached hydrogens (tertiary/aromatic N) is 2. The Balaban J connectivity index is 1.37. The molecule has 1 saturated heterocycles. The number of aryl methyl sites for hydroxylation is 1. The number of piperazine rings is 1. The quantitative estimate of drug-likeness (QED) is 0.647. The Morgan fingerprint density at radius 3 is 2.58 bits per heavy atom. The van der Waals surface area contributed by atoms with Gasteiger partial charge in [-0.05, 0) is 35.7 Å². The van der Waals surface area contributed by atoms with Crippen molar-refractivity contribution >= 4 is 29.3 Å². The number of hydrogen-bond acceptors (Lipinski definition) is 5.